The quantitative estimate of drug-likeness (QED) is 0.576. The lowest BCUT2D eigenvalue weighted by Gasteiger charge is -2.35. The number of rotatable bonds is 5. The van der Waals surface area contributed by atoms with Crippen molar-refractivity contribution in [1.29, 1.82) is 0 Å². The van der Waals surface area contributed by atoms with E-state index in [1.165, 1.54) is 23.0 Å². The van der Waals surface area contributed by atoms with Crippen molar-refractivity contribution in [3.63, 3.8) is 0 Å². The summed E-state index contributed by atoms with van der Waals surface area (Å²) < 4.78 is 5.23. The lowest BCUT2D eigenvalue weighted by Crippen LogP contribution is -2.49. The summed E-state index contributed by atoms with van der Waals surface area (Å²) in [6.45, 7) is 0.989. The predicted molar refractivity (Wildman–Crippen MR) is 113 cm³/mol. The van der Waals surface area contributed by atoms with Crippen LogP contribution in [0.15, 0.2) is 18.2 Å². The maximum Gasteiger partial charge on any atom is 0.327 e. The number of fused-ring (bicyclic) bond motifs is 1. The molecule has 4 amide bonds. The van der Waals surface area contributed by atoms with Crippen LogP contribution < -0.4 is 5.32 Å². The van der Waals surface area contributed by atoms with Crippen LogP contribution in [-0.2, 0) is 32.0 Å². The molecule has 0 unspecified atom stereocenters. The highest BCUT2D eigenvalue weighted by Crippen LogP contribution is 2.39. The third kappa shape index (κ3) is 3.91. The molecule has 3 aliphatic rings. The summed E-state index contributed by atoms with van der Waals surface area (Å²) in [6, 6.07) is 5.32. The zero-order valence-corrected chi connectivity index (χ0v) is 18.1. The monoisotopic (exact) mass is 427 g/mol. The summed E-state index contributed by atoms with van der Waals surface area (Å²) >= 11 is 0. The van der Waals surface area contributed by atoms with Crippen molar-refractivity contribution in [3.05, 3.63) is 29.3 Å². The number of amides is 4. The number of benzene rings is 1. The fourth-order valence-corrected chi connectivity index (χ4v) is 4.98. The highest BCUT2D eigenvalue weighted by molar-refractivity contribution is 6.08. The number of hydrogen-bond acceptors (Lipinski definition) is 5. The molecule has 8 heteroatoms. The van der Waals surface area contributed by atoms with Gasteiger partial charge in [-0.25, -0.2) is 4.79 Å². The van der Waals surface area contributed by atoms with Crippen molar-refractivity contribution in [1.82, 2.24) is 9.80 Å². The second-order valence-electron chi connectivity index (χ2n) is 8.78. The summed E-state index contributed by atoms with van der Waals surface area (Å²) in [4.78, 5) is 52.9. The van der Waals surface area contributed by atoms with Crippen molar-refractivity contribution >= 4 is 29.5 Å². The zero-order valence-electron chi connectivity index (χ0n) is 18.1. The molecule has 8 nitrogen and oxygen atoms in total. The second-order valence-corrected chi connectivity index (χ2v) is 8.78. The number of nitrogens with one attached hydrogen (secondary N) is 1. The fourth-order valence-electron chi connectivity index (χ4n) is 4.98. The van der Waals surface area contributed by atoms with Crippen LogP contribution in [0.4, 0.5) is 10.5 Å². The van der Waals surface area contributed by atoms with E-state index in [1.54, 1.807) is 7.05 Å². The van der Waals surface area contributed by atoms with E-state index >= 15 is 0 Å². The first kappa shape index (κ1) is 21.3. The van der Waals surface area contributed by atoms with Crippen LogP contribution in [0.2, 0.25) is 0 Å². The molecule has 31 heavy (non-hydrogen) atoms. The van der Waals surface area contributed by atoms with E-state index < -0.39 is 36.1 Å². The number of carbonyl (C=O) groups is 4. The summed E-state index contributed by atoms with van der Waals surface area (Å²) in [5, 5.41) is 2.77. The van der Waals surface area contributed by atoms with E-state index in [0.29, 0.717) is 18.5 Å². The van der Waals surface area contributed by atoms with Gasteiger partial charge in [0.1, 0.15) is 12.1 Å². The van der Waals surface area contributed by atoms with Crippen LogP contribution in [0.5, 0.6) is 0 Å². The number of nitrogens with zero attached hydrogens (tertiary/aromatic N) is 2. The van der Waals surface area contributed by atoms with Gasteiger partial charge in [0.05, 0.1) is 0 Å². The van der Waals surface area contributed by atoms with Gasteiger partial charge in [0, 0.05) is 12.7 Å². The molecule has 2 aliphatic carbocycles. The van der Waals surface area contributed by atoms with E-state index in [1.807, 2.05) is 18.2 Å². The Kier molecular flexibility index (Phi) is 5.73. The van der Waals surface area contributed by atoms with Gasteiger partial charge >= 0.3 is 12.0 Å². The predicted octanol–water partition coefficient (Wildman–Crippen LogP) is 2.64. The minimum atomic E-state index is -1.05. The molecule has 1 spiro atoms. The Bertz CT molecular complexity index is 922. The van der Waals surface area contributed by atoms with Crippen LogP contribution in [-0.4, -0.2) is 58.8 Å². The van der Waals surface area contributed by atoms with Gasteiger partial charge in [-0.2, -0.15) is 0 Å². The molecule has 1 aromatic rings. The molecule has 1 atom stereocenters. The molecule has 0 aromatic heterocycles. The van der Waals surface area contributed by atoms with Crippen molar-refractivity contribution in [3.8, 4) is 0 Å². The molecule has 1 aliphatic heterocycles. The molecular formula is C23H29N3O5. The molecule has 0 bridgehead atoms. The van der Waals surface area contributed by atoms with Gasteiger partial charge in [-0.05, 0) is 62.3 Å². The molecule has 1 saturated carbocycles. The number of carbonyl (C=O) groups excluding carboxylic acids is 4. The number of aryl methyl sites for hydroxylation is 2. The Labute approximate surface area is 181 Å². The average Bonchev–Trinajstić information content (AvgIpc) is 3.29. The second kappa shape index (κ2) is 8.32. The third-order valence-electron chi connectivity index (χ3n) is 6.81. The van der Waals surface area contributed by atoms with Crippen LogP contribution in [0, 0.1) is 0 Å². The maximum atomic E-state index is 13.0. The Morgan fingerprint density at radius 1 is 1.10 bits per heavy atom. The number of imide groups is 1. The fraction of sp³-hybridized carbons (Fsp3) is 0.565. The smallest absolute Gasteiger partial charge is 0.327 e. The molecule has 1 N–H and O–H groups in total. The summed E-state index contributed by atoms with van der Waals surface area (Å²) in [6.07, 6.45) is 6.14. The largest absolute Gasteiger partial charge is 0.451 e. The normalized spacial score (nSPS) is 20.7. The Balaban J connectivity index is 1.34. The van der Waals surface area contributed by atoms with Gasteiger partial charge in [0.25, 0.3) is 11.8 Å². The highest BCUT2D eigenvalue weighted by Gasteiger charge is 2.56. The number of hydrogen-bond donors (Lipinski definition) is 1. The number of anilines is 1. The minimum absolute atomic E-state index is 0.341. The number of ether oxygens (including phenoxy) is 1. The SMILES string of the molecule is C[C@H](OC(=O)CN1C(=O)N(C)C2(CCCCC2)C1=O)C(=O)Nc1ccc2c(c1)CCC2. The van der Waals surface area contributed by atoms with Crippen molar-refractivity contribution in [2.24, 2.45) is 0 Å². The summed E-state index contributed by atoms with van der Waals surface area (Å²) in [7, 11) is 1.61. The van der Waals surface area contributed by atoms with Crippen molar-refractivity contribution in [2.45, 2.75) is 69.9 Å². The molecule has 0 radical (unpaired) electrons. The molecule has 4 rings (SSSR count). The Hall–Kier alpha value is -2.90. The van der Waals surface area contributed by atoms with E-state index in [-0.39, 0.29) is 5.91 Å². The number of urea groups is 1. The molecule has 166 valence electrons. The van der Waals surface area contributed by atoms with Gasteiger partial charge in [0.15, 0.2) is 6.10 Å². The van der Waals surface area contributed by atoms with Crippen LogP contribution >= 0.6 is 0 Å². The molecule has 1 saturated heterocycles. The topological polar surface area (TPSA) is 96.0 Å². The number of likely N-dealkylation sites (N-methyl/N-ethyl adjacent to an activating group) is 1. The third-order valence-corrected chi connectivity index (χ3v) is 6.81. The highest BCUT2D eigenvalue weighted by atomic mass is 16.5. The minimum Gasteiger partial charge on any atom is -0.451 e. The van der Waals surface area contributed by atoms with E-state index in [4.69, 9.17) is 4.74 Å². The standard InChI is InChI=1S/C23H29N3O5/c1-15(20(28)24-18-10-9-16-7-6-8-17(16)13-18)31-19(27)14-26-21(29)23(25(2)22(26)30)11-4-3-5-12-23/h9-10,13,15H,3-8,11-12,14H2,1-2H3,(H,24,28)/t15-/m0/s1. The first-order valence-electron chi connectivity index (χ1n) is 11.0. The summed E-state index contributed by atoms with van der Waals surface area (Å²) in [5.41, 5.74) is 2.36. The van der Waals surface area contributed by atoms with Crippen LogP contribution in [0.3, 0.4) is 0 Å². The zero-order chi connectivity index (χ0) is 22.2. The number of esters is 1. The van der Waals surface area contributed by atoms with E-state index in [2.05, 4.69) is 5.32 Å². The molecule has 1 aromatic carbocycles. The first-order valence-corrected chi connectivity index (χ1v) is 11.0. The molecule has 1 heterocycles. The first-order chi connectivity index (χ1) is 14.8. The average molecular weight is 428 g/mol. The van der Waals surface area contributed by atoms with E-state index in [9.17, 15) is 19.2 Å². The lowest BCUT2D eigenvalue weighted by atomic mass is 9.81. The van der Waals surface area contributed by atoms with Crippen molar-refractivity contribution in [2.75, 3.05) is 18.9 Å². The lowest BCUT2D eigenvalue weighted by molar-refractivity contribution is -0.155. The van der Waals surface area contributed by atoms with Gasteiger partial charge in [-0.3, -0.25) is 19.3 Å². The van der Waals surface area contributed by atoms with Gasteiger partial charge in [-0.1, -0.05) is 25.3 Å². The Morgan fingerprint density at radius 3 is 2.55 bits per heavy atom. The van der Waals surface area contributed by atoms with Crippen molar-refractivity contribution < 1.29 is 23.9 Å². The van der Waals surface area contributed by atoms with Gasteiger partial charge < -0.3 is 15.0 Å². The van der Waals surface area contributed by atoms with Gasteiger partial charge in [0.2, 0.25) is 0 Å². The molecule has 2 fully saturated rings. The van der Waals surface area contributed by atoms with Gasteiger partial charge in [-0.15, -0.1) is 0 Å². The van der Waals surface area contributed by atoms with Crippen LogP contribution in [0.25, 0.3) is 0 Å². The maximum absolute atomic E-state index is 13.0. The Morgan fingerprint density at radius 2 is 1.81 bits per heavy atom. The molecular weight excluding hydrogens is 398 g/mol. The van der Waals surface area contributed by atoms with E-state index in [0.717, 1.165) is 43.4 Å². The summed E-state index contributed by atoms with van der Waals surface area (Å²) in [5.74, 6) is -1.57. The van der Waals surface area contributed by atoms with Crippen LogP contribution in [0.1, 0.15) is 56.6 Å².